The smallest absolute Gasteiger partial charge is 0.257 e. The van der Waals surface area contributed by atoms with Gasteiger partial charge in [0.15, 0.2) is 0 Å². The molecule has 0 aliphatic rings. The minimum absolute atomic E-state index is 0.0771. The fraction of sp³-hybridized carbons (Fsp3) is 0.421. The van der Waals surface area contributed by atoms with Crippen LogP contribution in [0.1, 0.15) is 44.5 Å². The first-order chi connectivity index (χ1) is 12.6. The van der Waals surface area contributed by atoms with Crippen molar-refractivity contribution < 1.29 is 9.59 Å². The molecule has 8 heteroatoms. The standard InChI is InChI=1S/C19H24Cl2N4O2/c1-5-8-24(18(27)13-10-22-25(11-13)19(2,3)4)12-17(26)23-16-7-6-14(20)9-15(16)21/h6-7,9-11H,5,8,12H2,1-4H3,(H,23,26). The highest BCUT2D eigenvalue weighted by Gasteiger charge is 2.22. The van der Waals surface area contributed by atoms with Crippen LogP contribution in [0.2, 0.25) is 10.0 Å². The number of nitrogens with one attached hydrogen (secondary N) is 1. The normalized spacial score (nSPS) is 11.3. The van der Waals surface area contributed by atoms with Gasteiger partial charge in [-0.2, -0.15) is 5.10 Å². The molecule has 0 radical (unpaired) electrons. The highest BCUT2D eigenvalue weighted by Crippen LogP contribution is 2.25. The number of aromatic nitrogens is 2. The van der Waals surface area contributed by atoms with Gasteiger partial charge < -0.3 is 10.2 Å². The number of carbonyl (C=O) groups excluding carboxylic acids is 2. The Morgan fingerprint density at radius 2 is 1.96 bits per heavy atom. The van der Waals surface area contributed by atoms with E-state index in [1.165, 1.54) is 11.1 Å². The average molecular weight is 411 g/mol. The topological polar surface area (TPSA) is 67.2 Å². The summed E-state index contributed by atoms with van der Waals surface area (Å²) >= 11 is 11.9. The van der Waals surface area contributed by atoms with E-state index >= 15 is 0 Å². The van der Waals surface area contributed by atoms with E-state index in [1.54, 1.807) is 29.1 Å². The molecule has 0 bridgehead atoms. The first-order valence-corrected chi connectivity index (χ1v) is 9.46. The van der Waals surface area contributed by atoms with Gasteiger partial charge in [0.05, 0.1) is 28.0 Å². The van der Waals surface area contributed by atoms with Crippen molar-refractivity contribution in [2.24, 2.45) is 0 Å². The van der Waals surface area contributed by atoms with Crippen LogP contribution in [-0.2, 0) is 10.3 Å². The summed E-state index contributed by atoms with van der Waals surface area (Å²) in [5.74, 6) is -0.561. The predicted octanol–water partition coefficient (Wildman–Crippen LogP) is 4.44. The number of amides is 2. The van der Waals surface area contributed by atoms with Crippen molar-refractivity contribution in [2.75, 3.05) is 18.4 Å². The molecule has 0 unspecified atom stereocenters. The number of halogens is 2. The average Bonchev–Trinajstić information content (AvgIpc) is 3.07. The first-order valence-electron chi connectivity index (χ1n) is 8.71. The number of hydrogen-bond acceptors (Lipinski definition) is 3. The molecule has 27 heavy (non-hydrogen) atoms. The van der Waals surface area contributed by atoms with Gasteiger partial charge in [-0.1, -0.05) is 30.1 Å². The molecule has 0 atom stereocenters. The highest BCUT2D eigenvalue weighted by atomic mass is 35.5. The van der Waals surface area contributed by atoms with E-state index in [0.29, 0.717) is 27.8 Å². The Morgan fingerprint density at radius 1 is 1.26 bits per heavy atom. The molecule has 0 fully saturated rings. The second-order valence-electron chi connectivity index (χ2n) is 7.24. The van der Waals surface area contributed by atoms with E-state index in [0.717, 1.165) is 6.42 Å². The Kier molecular flexibility index (Phi) is 6.89. The maximum absolute atomic E-state index is 12.8. The molecular formula is C19H24Cl2N4O2. The van der Waals surface area contributed by atoms with Crippen LogP contribution in [0, 0.1) is 0 Å². The van der Waals surface area contributed by atoms with E-state index in [9.17, 15) is 9.59 Å². The van der Waals surface area contributed by atoms with Gasteiger partial charge in [-0.05, 0) is 45.4 Å². The number of nitrogens with zero attached hydrogens (tertiary/aromatic N) is 3. The molecule has 0 aliphatic heterocycles. The molecule has 1 aromatic heterocycles. The minimum atomic E-state index is -0.329. The predicted molar refractivity (Wildman–Crippen MR) is 109 cm³/mol. The third-order valence-corrected chi connectivity index (χ3v) is 4.39. The number of benzene rings is 1. The number of carbonyl (C=O) groups is 2. The van der Waals surface area contributed by atoms with Gasteiger partial charge in [-0.15, -0.1) is 0 Å². The largest absolute Gasteiger partial charge is 0.329 e. The van der Waals surface area contributed by atoms with Crippen LogP contribution in [0.5, 0.6) is 0 Å². The molecule has 2 amide bonds. The van der Waals surface area contributed by atoms with Crippen LogP contribution in [0.3, 0.4) is 0 Å². The molecule has 1 heterocycles. The van der Waals surface area contributed by atoms with Gasteiger partial charge in [0.25, 0.3) is 5.91 Å². The molecule has 1 aromatic carbocycles. The monoisotopic (exact) mass is 410 g/mol. The molecule has 1 N–H and O–H groups in total. The van der Waals surface area contributed by atoms with Crippen LogP contribution in [-0.4, -0.2) is 39.6 Å². The number of hydrogen-bond donors (Lipinski definition) is 1. The molecule has 0 saturated heterocycles. The summed E-state index contributed by atoms with van der Waals surface area (Å²) < 4.78 is 1.73. The van der Waals surface area contributed by atoms with E-state index in [1.807, 2.05) is 27.7 Å². The molecule has 6 nitrogen and oxygen atoms in total. The van der Waals surface area contributed by atoms with Crippen LogP contribution < -0.4 is 5.32 Å². The second-order valence-corrected chi connectivity index (χ2v) is 8.09. The van der Waals surface area contributed by atoms with E-state index in [2.05, 4.69) is 10.4 Å². The Morgan fingerprint density at radius 3 is 2.52 bits per heavy atom. The Bertz CT molecular complexity index is 827. The first kappa shape index (κ1) is 21.3. The summed E-state index contributed by atoms with van der Waals surface area (Å²) in [6.07, 6.45) is 3.97. The fourth-order valence-electron chi connectivity index (χ4n) is 2.46. The zero-order valence-electron chi connectivity index (χ0n) is 15.9. The van der Waals surface area contributed by atoms with Crippen LogP contribution in [0.15, 0.2) is 30.6 Å². The second kappa shape index (κ2) is 8.76. The summed E-state index contributed by atoms with van der Waals surface area (Å²) in [4.78, 5) is 26.7. The number of rotatable bonds is 6. The summed E-state index contributed by atoms with van der Waals surface area (Å²) in [6, 6.07) is 4.81. The lowest BCUT2D eigenvalue weighted by atomic mass is 10.1. The third-order valence-electron chi connectivity index (χ3n) is 3.84. The van der Waals surface area contributed by atoms with Crippen molar-refractivity contribution >= 4 is 40.7 Å². The highest BCUT2D eigenvalue weighted by molar-refractivity contribution is 6.36. The third kappa shape index (κ3) is 5.71. The zero-order valence-corrected chi connectivity index (χ0v) is 17.4. The van der Waals surface area contributed by atoms with E-state index in [-0.39, 0.29) is 23.9 Å². The van der Waals surface area contributed by atoms with E-state index < -0.39 is 0 Å². The van der Waals surface area contributed by atoms with Gasteiger partial charge in [-0.3, -0.25) is 14.3 Å². The molecule has 0 spiro atoms. The Balaban J connectivity index is 2.10. The minimum Gasteiger partial charge on any atom is -0.329 e. The lowest BCUT2D eigenvalue weighted by Crippen LogP contribution is -2.38. The van der Waals surface area contributed by atoms with Crippen molar-refractivity contribution in [1.82, 2.24) is 14.7 Å². The van der Waals surface area contributed by atoms with Crippen molar-refractivity contribution in [1.29, 1.82) is 0 Å². The van der Waals surface area contributed by atoms with Crippen molar-refractivity contribution in [3.8, 4) is 0 Å². The molecule has 2 rings (SSSR count). The summed E-state index contributed by atoms with van der Waals surface area (Å²) in [5, 5.41) is 7.80. The summed E-state index contributed by atoms with van der Waals surface area (Å²) in [6.45, 7) is 8.34. The van der Waals surface area contributed by atoms with Gasteiger partial charge in [0, 0.05) is 17.8 Å². The van der Waals surface area contributed by atoms with Gasteiger partial charge in [0.2, 0.25) is 5.91 Å². The van der Waals surface area contributed by atoms with Crippen LogP contribution in [0.25, 0.3) is 0 Å². The van der Waals surface area contributed by atoms with Gasteiger partial charge in [0.1, 0.15) is 6.54 Å². The summed E-state index contributed by atoms with van der Waals surface area (Å²) in [5.41, 5.74) is 0.683. The van der Waals surface area contributed by atoms with Crippen molar-refractivity contribution in [3.05, 3.63) is 46.2 Å². The molecule has 0 saturated carbocycles. The maximum atomic E-state index is 12.8. The Labute approximate surface area is 169 Å². The lowest BCUT2D eigenvalue weighted by molar-refractivity contribution is -0.116. The SMILES string of the molecule is CCCN(CC(=O)Nc1ccc(Cl)cc1Cl)C(=O)c1cnn(C(C)(C)C)c1. The summed E-state index contributed by atoms with van der Waals surface area (Å²) in [7, 11) is 0. The molecule has 2 aromatic rings. The molecular weight excluding hydrogens is 387 g/mol. The van der Waals surface area contributed by atoms with Crippen molar-refractivity contribution in [3.63, 3.8) is 0 Å². The van der Waals surface area contributed by atoms with Crippen LogP contribution in [0.4, 0.5) is 5.69 Å². The lowest BCUT2D eigenvalue weighted by Gasteiger charge is -2.21. The zero-order chi connectivity index (χ0) is 20.2. The Hall–Kier alpha value is -2.05. The molecule has 0 aliphatic carbocycles. The maximum Gasteiger partial charge on any atom is 0.257 e. The van der Waals surface area contributed by atoms with Crippen molar-refractivity contribution in [2.45, 2.75) is 39.7 Å². The molecule has 146 valence electrons. The number of anilines is 1. The quantitative estimate of drug-likeness (QED) is 0.765. The van der Waals surface area contributed by atoms with Crippen LogP contribution >= 0.6 is 23.2 Å². The van der Waals surface area contributed by atoms with Gasteiger partial charge >= 0.3 is 0 Å². The van der Waals surface area contributed by atoms with Gasteiger partial charge in [-0.25, -0.2) is 0 Å². The fourth-order valence-corrected chi connectivity index (χ4v) is 2.91. The van der Waals surface area contributed by atoms with E-state index in [4.69, 9.17) is 23.2 Å².